The van der Waals surface area contributed by atoms with Crippen molar-refractivity contribution in [3.8, 4) is 5.40 Å². The molecule has 0 heterocycles. The van der Waals surface area contributed by atoms with E-state index in [4.69, 9.17) is 22.6 Å². The van der Waals surface area contributed by atoms with Crippen LogP contribution in [0.2, 0.25) is 5.02 Å². The summed E-state index contributed by atoms with van der Waals surface area (Å²) >= 11 is 6.73. The van der Waals surface area contributed by atoms with Crippen molar-refractivity contribution in [2.75, 3.05) is 5.73 Å². The number of nitrogens with two attached hydrogens (primary N) is 1. The third-order valence-electron chi connectivity index (χ3n) is 1.15. The fourth-order valence-electron chi connectivity index (χ4n) is 0.679. The molecular formula is C7H5ClN2S. The van der Waals surface area contributed by atoms with Crippen molar-refractivity contribution in [2.24, 2.45) is 0 Å². The number of rotatable bonds is 1. The molecule has 56 valence electrons. The lowest BCUT2D eigenvalue weighted by molar-refractivity contribution is 1.46. The Morgan fingerprint density at radius 1 is 1.55 bits per heavy atom. The van der Waals surface area contributed by atoms with E-state index in [0.29, 0.717) is 15.6 Å². The van der Waals surface area contributed by atoms with Gasteiger partial charge in [0.1, 0.15) is 5.40 Å². The third kappa shape index (κ3) is 1.79. The number of thioether (sulfide) groups is 1. The molecule has 0 aliphatic heterocycles. The van der Waals surface area contributed by atoms with Crippen LogP contribution in [0.5, 0.6) is 0 Å². The maximum absolute atomic E-state index is 8.37. The smallest absolute Gasteiger partial charge is 0.138 e. The quantitative estimate of drug-likeness (QED) is 0.415. The van der Waals surface area contributed by atoms with E-state index in [1.165, 1.54) is 0 Å². The van der Waals surface area contributed by atoms with Crippen LogP contribution in [-0.2, 0) is 0 Å². The Bertz CT molecular complexity index is 286. The summed E-state index contributed by atoms with van der Waals surface area (Å²) in [6, 6.07) is 5.17. The molecule has 0 unspecified atom stereocenters. The largest absolute Gasteiger partial charge is 0.398 e. The summed E-state index contributed by atoms with van der Waals surface area (Å²) in [5.41, 5.74) is 6.10. The van der Waals surface area contributed by atoms with Gasteiger partial charge in [0.25, 0.3) is 0 Å². The zero-order valence-corrected chi connectivity index (χ0v) is 7.12. The number of benzene rings is 1. The predicted molar refractivity (Wildman–Crippen MR) is 47.3 cm³/mol. The Labute approximate surface area is 74.0 Å². The lowest BCUT2D eigenvalue weighted by atomic mass is 10.3. The summed E-state index contributed by atoms with van der Waals surface area (Å²) in [6.07, 6.45) is 0. The summed E-state index contributed by atoms with van der Waals surface area (Å²) in [6.45, 7) is 0. The van der Waals surface area contributed by atoms with Crippen molar-refractivity contribution >= 4 is 29.1 Å². The average Bonchev–Trinajstić information content (AvgIpc) is 1.97. The monoisotopic (exact) mass is 184 g/mol. The van der Waals surface area contributed by atoms with Crippen molar-refractivity contribution in [3.05, 3.63) is 23.2 Å². The zero-order chi connectivity index (χ0) is 8.27. The molecule has 1 aromatic rings. The molecule has 0 radical (unpaired) electrons. The van der Waals surface area contributed by atoms with Gasteiger partial charge in [-0.15, -0.1) is 0 Å². The van der Waals surface area contributed by atoms with Gasteiger partial charge in [-0.3, -0.25) is 0 Å². The van der Waals surface area contributed by atoms with Crippen LogP contribution in [0.15, 0.2) is 23.1 Å². The highest BCUT2D eigenvalue weighted by molar-refractivity contribution is 8.04. The van der Waals surface area contributed by atoms with Crippen LogP contribution in [0.25, 0.3) is 0 Å². The molecule has 4 heteroatoms. The van der Waals surface area contributed by atoms with Crippen LogP contribution in [0, 0.1) is 10.7 Å². The van der Waals surface area contributed by atoms with Crippen molar-refractivity contribution in [3.63, 3.8) is 0 Å². The predicted octanol–water partition coefficient (Wildman–Crippen LogP) is 2.50. The normalized spacial score (nSPS) is 9.09. The van der Waals surface area contributed by atoms with Crippen LogP contribution in [0.3, 0.4) is 0 Å². The highest BCUT2D eigenvalue weighted by Gasteiger charge is 2.03. The first-order chi connectivity index (χ1) is 5.25. The van der Waals surface area contributed by atoms with Gasteiger partial charge in [0.2, 0.25) is 0 Å². The van der Waals surface area contributed by atoms with E-state index in [1.54, 1.807) is 18.2 Å². The van der Waals surface area contributed by atoms with E-state index in [-0.39, 0.29) is 0 Å². The van der Waals surface area contributed by atoms with Gasteiger partial charge >= 0.3 is 0 Å². The molecule has 0 atom stereocenters. The second-order valence-corrected chi connectivity index (χ2v) is 3.05. The molecule has 0 saturated carbocycles. The first-order valence-corrected chi connectivity index (χ1v) is 4.05. The molecule has 11 heavy (non-hydrogen) atoms. The van der Waals surface area contributed by atoms with E-state index in [1.807, 2.05) is 5.40 Å². The van der Waals surface area contributed by atoms with E-state index in [2.05, 4.69) is 0 Å². The summed E-state index contributed by atoms with van der Waals surface area (Å²) in [5, 5.41) is 10.8. The van der Waals surface area contributed by atoms with Gasteiger partial charge in [-0.05, 0) is 23.9 Å². The number of hydrogen-bond donors (Lipinski definition) is 1. The summed E-state index contributed by atoms with van der Waals surface area (Å²) < 4.78 is 0. The maximum atomic E-state index is 8.37. The molecule has 1 aromatic carbocycles. The first kappa shape index (κ1) is 8.25. The molecule has 0 amide bonds. The van der Waals surface area contributed by atoms with Gasteiger partial charge in [-0.1, -0.05) is 17.7 Å². The summed E-state index contributed by atoms with van der Waals surface area (Å²) in [4.78, 5) is 0.636. The Morgan fingerprint density at radius 2 is 2.27 bits per heavy atom. The topological polar surface area (TPSA) is 49.8 Å². The van der Waals surface area contributed by atoms with Crippen molar-refractivity contribution in [2.45, 2.75) is 4.90 Å². The number of nitrogens with zero attached hydrogens (tertiary/aromatic N) is 1. The van der Waals surface area contributed by atoms with Gasteiger partial charge < -0.3 is 5.73 Å². The molecule has 0 bridgehead atoms. The van der Waals surface area contributed by atoms with Crippen LogP contribution < -0.4 is 5.73 Å². The third-order valence-corrected chi connectivity index (χ3v) is 2.32. The second kappa shape index (κ2) is 3.51. The van der Waals surface area contributed by atoms with Gasteiger partial charge in [0, 0.05) is 5.69 Å². The number of anilines is 1. The fourth-order valence-corrected chi connectivity index (χ4v) is 1.42. The van der Waals surface area contributed by atoms with E-state index in [9.17, 15) is 0 Å². The standard InChI is InChI=1S/C7H5ClN2S/c8-5-2-1-3-6(10)7(5)11-4-9/h1-3H,10H2. The Hall–Kier alpha value is -0.850. The van der Waals surface area contributed by atoms with Crippen molar-refractivity contribution in [1.29, 1.82) is 5.26 Å². The zero-order valence-electron chi connectivity index (χ0n) is 5.54. The van der Waals surface area contributed by atoms with Crippen molar-refractivity contribution in [1.82, 2.24) is 0 Å². The lowest BCUT2D eigenvalue weighted by Gasteiger charge is -2.00. The highest BCUT2D eigenvalue weighted by Crippen LogP contribution is 2.31. The molecule has 0 aliphatic carbocycles. The lowest BCUT2D eigenvalue weighted by Crippen LogP contribution is -1.87. The Kier molecular flexibility index (Phi) is 2.64. The number of thiocyanates is 1. The Balaban J connectivity index is 3.12. The Morgan fingerprint density at radius 3 is 2.82 bits per heavy atom. The molecule has 0 fully saturated rings. The van der Waals surface area contributed by atoms with Gasteiger partial charge in [0.05, 0.1) is 9.92 Å². The first-order valence-electron chi connectivity index (χ1n) is 2.85. The molecule has 0 aromatic heterocycles. The minimum atomic E-state index is 0.525. The summed E-state index contributed by atoms with van der Waals surface area (Å²) in [7, 11) is 0. The molecule has 1 rings (SSSR count). The number of nitrogen functional groups attached to an aromatic ring is 1. The van der Waals surface area contributed by atoms with Gasteiger partial charge in [0.15, 0.2) is 0 Å². The van der Waals surface area contributed by atoms with E-state index < -0.39 is 0 Å². The number of halogens is 1. The number of hydrogen-bond acceptors (Lipinski definition) is 3. The van der Waals surface area contributed by atoms with Crippen LogP contribution >= 0.6 is 23.4 Å². The van der Waals surface area contributed by atoms with E-state index >= 15 is 0 Å². The van der Waals surface area contributed by atoms with Crippen molar-refractivity contribution < 1.29 is 0 Å². The number of nitriles is 1. The van der Waals surface area contributed by atoms with Crippen LogP contribution in [-0.4, -0.2) is 0 Å². The molecule has 2 nitrogen and oxygen atoms in total. The molecule has 2 N–H and O–H groups in total. The average molecular weight is 185 g/mol. The summed E-state index contributed by atoms with van der Waals surface area (Å²) in [5.74, 6) is 0. The minimum Gasteiger partial charge on any atom is -0.398 e. The van der Waals surface area contributed by atoms with Crippen LogP contribution in [0.4, 0.5) is 5.69 Å². The molecular weight excluding hydrogens is 180 g/mol. The van der Waals surface area contributed by atoms with Gasteiger partial charge in [-0.25, -0.2) is 0 Å². The SMILES string of the molecule is N#CSc1c(N)cccc1Cl. The van der Waals surface area contributed by atoms with E-state index in [0.717, 1.165) is 11.8 Å². The minimum absolute atomic E-state index is 0.525. The molecule has 0 saturated heterocycles. The van der Waals surface area contributed by atoms with Crippen LogP contribution in [0.1, 0.15) is 0 Å². The molecule has 0 aliphatic rings. The second-order valence-electron chi connectivity index (χ2n) is 1.85. The highest BCUT2D eigenvalue weighted by atomic mass is 35.5. The fraction of sp³-hybridized carbons (Fsp3) is 0. The maximum Gasteiger partial charge on any atom is 0.138 e. The van der Waals surface area contributed by atoms with Gasteiger partial charge in [-0.2, -0.15) is 5.26 Å². The molecule has 0 spiro atoms.